The van der Waals surface area contributed by atoms with Crippen LogP contribution in [-0.2, 0) is 19.6 Å². The highest BCUT2D eigenvalue weighted by Gasteiger charge is 2.29. The number of hydrogen-bond acceptors (Lipinski definition) is 2. The third-order valence-electron chi connectivity index (χ3n) is 6.75. The van der Waals surface area contributed by atoms with Crippen molar-refractivity contribution in [3.63, 3.8) is 0 Å². The van der Waals surface area contributed by atoms with Gasteiger partial charge in [-0.3, -0.25) is 9.69 Å². The van der Waals surface area contributed by atoms with Crippen molar-refractivity contribution in [3.05, 3.63) is 105 Å². The molecule has 0 atom stereocenters. The molecule has 180 valence electrons. The SMILES string of the molecule is C/C=C\c1c(C)cccc1CNC(=O)c1ccc2c(c1)N(Cc1c(C)cccc1C)C(=O)N(C)C2. The van der Waals surface area contributed by atoms with Crippen LogP contribution < -0.4 is 10.2 Å². The van der Waals surface area contributed by atoms with Crippen LogP contribution in [0.5, 0.6) is 0 Å². The van der Waals surface area contributed by atoms with Crippen LogP contribution in [0.1, 0.15) is 56.2 Å². The Morgan fingerprint density at radius 1 is 1.00 bits per heavy atom. The maximum atomic E-state index is 13.2. The summed E-state index contributed by atoms with van der Waals surface area (Å²) in [6.07, 6.45) is 4.08. The summed E-state index contributed by atoms with van der Waals surface area (Å²) in [5.74, 6) is -0.154. The molecule has 3 amide bonds. The topological polar surface area (TPSA) is 52.7 Å². The van der Waals surface area contributed by atoms with Crippen molar-refractivity contribution in [2.75, 3.05) is 11.9 Å². The Balaban J connectivity index is 1.61. The van der Waals surface area contributed by atoms with Crippen LogP contribution in [0.4, 0.5) is 10.5 Å². The zero-order valence-electron chi connectivity index (χ0n) is 21.2. The molecule has 0 aromatic heterocycles. The number of urea groups is 1. The van der Waals surface area contributed by atoms with Gasteiger partial charge >= 0.3 is 6.03 Å². The highest BCUT2D eigenvalue weighted by molar-refractivity contribution is 5.99. The quantitative estimate of drug-likeness (QED) is 0.473. The van der Waals surface area contributed by atoms with Gasteiger partial charge in [0.2, 0.25) is 0 Å². The molecule has 0 radical (unpaired) electrons. The first-order chi connectivity index (χ1) is 16.8. The van der Waals surface area contributed by atoms with E-state index in [0.29, 0.717) is 25.2 Å². The maximum absolute atomic E-state index is 13.2. The van der Waals surface area contributed by atoms with E-state index >= 15 is 0 Å². The van der Waals surface area contributed by atoms with Crippen molar-refractivity contribution in [1.29, 1.82) is 0 Å². The number of benzene rings is 3. The molecule has 4 rings (SSSR count). The van der Waals surface area contributed by atoms with Crippen LogP contribution >= 0.6 is 0 Å². The van der Waals surface area contributed by atoms with Crippen molar-refractivity contribution in [1.82, 2.24) is 10.2 Å². The second-order valence-electron chi connectivity index (χ2n) is 9.27. The Hall–Kier alpha value is -3.86. The van der Waals surface area contributed by atoms with Crippen LogP contribution in [0.2, 0.25) is 0 Å². The number of fused-ring (bicyclic) bond motifs is 1. The van der Waals surface area contributed by atoms with Gasteiger partial charge in [0.05, 0.1) is 12.2 Å². The lowest BCUT2D eigenvalue weighted by atomic mass is 10.00. The molecule has 3 aromatic rings. The number of carbonyl (C=O) groups excluding carboxylic acids is 2. The third-order valence-corrected chi connectivity index (χ3v) is 6.75. The Morgan fingerprint density at radius 3 is 2.40 bits per heavy atom. The van der Waals surface area contributed by atoms with E-state index in [4.69, 9.17) is 0 Å². The Labute approximate surface area is 208 Å². The number of nitrogens with zero attached hydrogens (tertiary/aromatic N) is 2. The molecule has 3 aromatic carbocycles. The van der Waals surface area contributed by atoms with E-state index in [1.165, 1.54) is 5.56 Å². The molecule has 1 heterocycles. The maximum Gasteiger partial charge on any atom is 0.324 e. The minimum Gasteiger partial charge on any atom is -0.348 e. The zero-order valence-corrected chi connectivity index (χ0v) is 21.2. The molecule has 1 aliphatic rings. The van der Waals surface area contributed by atoms with Crippen molar-refractivity contribution in [2.24, 2.45) is 0 Å². The molecule has 5 nitrogen and oxygen atoms in total. The van der Waals surface area contributed by atoms with Crippen LogP contribution in [0.25, 0.3) is 6.08 Å². The van der Waals surface area contributed by atoms with Gasteiger partial charge in [-0.1, -0.05) is 54.6 Å². The predicted molar refractivity (Wildman–Crippen MR) is 142 cm³/mol. The molecule has 35 heavy (non-hydrogen) atoms. The summed E-state index contributed by atoms with van der Waals surface area (Å²) in [7, 11) is 1.81. The van der Waals surface area contributed by atoms with Gasteiger partial charge in [-0.05, 0) is 78.8 Å². The Morgan fingerprint density at radius 2 is 1.69 bits per heavy atom. The molecular weight excluding hydrogens is 434 g/mol. The van der Waals surface area contributed by atoms with E-state index in [2.05, 4.69) is 50.4 Å². The Kier molecular flexibility index (Phi) is 7.06. The summed E-state index contributed by atoms with van der Waals surface area (Å²) in [5, 5.41) is 3.06. The molecule has 5 heteroatoms. The molecular formula is C30H33N3O2. The van der Waals surface area contributed by atoms with Crippen LogP contribution in [0.3, 0.4) is 0 Å². The number of carbonyl (C=O) groups is 2. The molecule has 1 N–H and O–H groups in total. The number of aryl methyl sites for hydroxylation is 3. The first-order valence-corrected chi connectivity index (χ1v) is 12.0. The lowest BCUT2D eigenvalue weighted by molar-refractivity contribution is 0.0950. The monoisotopic (exact) mass is 467 g/mol. The van der Waals surface area contributed by atoms with Crippen molar-refractivity contribution in [3.8, 4) is 0 Å². The number of allylic oxidation sites excluding steroid dienone is 1. The molecule has 1 aliphatic heterocycles. The van der Waals surface area contributed by atoms with Gasteiger partial charge in [-0.2, -0.15) is 0 Å². The van der Waals surface area contributed by atoms with Crippen molar-refractivity contribution >= 4 is 23.7 Å². The number of anilines is 1. The number of nitrogens with one attached hydrogen (secondary N) is 1. The van der Waals surface area contributed by atoms with Crippen LogP contribution in [0.15, 0.2) is 60.7 Å². The molecule has 0 bridgehead atoms. The first-order valence-electron chi connectivity index (χ1n) is 12.0. The summed E-state index contributed by atoms with van der Waals surface area (Å²) in [5.41, 5.74) is 9.19. The standard InChI is InChI=1S/C30H33N3O2/c1-6-9-26-20(2)12-8-13-24(26)17-31-29(34)23-14-15-25-18-32(5)30(35)33(28(25)16-23)19-27-21(3)10-7-11-22(27)4/h6-16H,17-19H2,1-5H3,(H,31,34)/b9-6-. The van der Waals surface area contributed by atoms with Gasteiger partial charge in [-0.15, -0.1) is 0 Å². The van der Waals surface area contributed by atoms with Gasteiger partial charge in [-0.25, -0.2) is 4.79 Å². The largest absolute Gasteiger partial charge is 0.348 e. The molecule has 0 fully saturated rings. The van der Waals surface area contributed by atoms with Gasteiger partial charge in [0.25, 0.3) is 5.91 Å². The van der Waals surface area contributed by atoms with Crippen molar-refractivity contribution in [2.45, 2.75) is 47.3 Å². The van der Waals surface area contributed by atoms with Gasteiger partial charge in [0.15, 0.2) is 0 Å². The van der Waals surface area contributed by atoms with E-state index in [9.17, 15) is 9.59 Å². The van der Waals surface area contributed by atoms with E-state index < -0.39 is 0 Å². The highest BCUT2D eigenvalue weighted by Crippen LogP contribution is 2.32. The van der Waals surface area contributed by atoms with Gasteiger partial charge in [0, 0.05) is 25.7 Å². The first kappa shape index (κ1) is 24.3. The number of hydrogen-bond donors (Lipinski definition) is 1. The lowest BCUT2D eigenvalue weighted by Crippen LogP contribution is -2.45. The van der Waals surface area contributed by atoms with Gasteiger partial charge < -0.3 is 10.2 Å². The number of amides is 3. The van der Waals surface area contributed by atoms with Crippen LogP contribution in [-0.4, -0.2) is 23.9 Å². The fourth-order valence-electron chi connectivity index (χ4n) is 4.71. The fourth-order valence-corrected chi connectivity index (χ4v) is 4.71. The van der Waals surface area contributed by atoms with E-state index in [0.717, 1.165) is 39.1 Å². The smallest absolute Gasteiger partial charge is 0.324 e. The van der Waals surface area contributed by atoms with E-state index in [-0.39, 0.29) is 11.9 Å². The predicted octanol–water partition coefficient (Wildman–Crippen LogP) is 6.15. The van der Waals surface area contributed by atoms with E-state index in [1.807, 2.05) is 56.4 Å². The Bertz CT molecular complexity index is 1290. The highest BCUT2D eigenvalue weighted by atomic mass is 16.2. The summed E-state index contributed by atoms with van der Waals surface area (Å²) in [6.45, 7) is 9.63. The second kappa shape index (κ2) is 10.2. The van der Waals surface area contributed by atoms with Gasteiger partial charge in [0.1, 0.15) is 0 Å². The van der Waals surface area contributed by atoms with Crippen LogP contribution in [0, 0.1) is 20.8 Å². The molecule has 0 spiro atoms. The minimum atomic E-state index is -0.154. The molecule has 0 saturated carbocycles. The zero-order chi connectivity index (χ0) is 25.1. The average molecular weight is 468 g/mol. The normalized spacial score (nSPS) is 13.3. The molecule has 0 saturated heterocycles. The van der Waals surface area contributed by atoms with Crippen molar-refractivity contribution < 1.29 is 9.59 Å². The molecule has 0 unspecified atom stereocenters. The minimum absolute atomic E-state index is 0.0616. The second-order valence-corrected chi connectivity index (χ2v) is 9.27. The lowest BCUT2D eigenvalue weighted by Gasteiger charge is -2.36. The average Bonchev–Trinajstić information content (AvgIpc) is 2.83. The third kappa shape index (κ3) is 4.99. The fraction of sp³-hybridized carbons (Fsp3) is 0.267. The summed E-state index contributed by atoms with van der Waals surface area (Å²) >= 11 is 0. The number of rotatable bonds is 6. The van der Waals surface area contributed by atoms with E-state index in [1.54, 1.807) is 9.80 Å². The molecule has 0 aliphatic carbocycles. The summed E-state index contributed by atoms with van der Waals surface area (Å²) < 4.78 is 0. The summed E-state index contributed by atoms with van der Waals surface area (Å²) in [6, 6.07) is 17.9. The summed E-state index contributed by atoms with van der Waals surface area (Å²) in [4.78, 5) is 29.8.